The third-order valence-electron chi connectivity index (χ3n) is 8.11. The van der Waals surface area contributed by atoms with Crippen molar-refractivity contribution in [3.63, 3.8) is 0 Å². The molecule has 0 radical (unpaired) electrons. The monoisotopic (exact) mass is 771 g/mol. The van der Waals surface area contributed by atoms with Crippen LogP contribution in [0.25, 0.3) is 0 Å². The maximum absolute atomic E-state index is 14.0. The molecule has 3 unspecified atom stereocenters. The molecule has 0 spiro atoms. The van der Waals surface area contributed by atoms with Gasteiger partial charge in [0.1, 0.15) is 30.2 Å². The number of nitrogens with one attached hydrogen (secondary N) is 8. The molecule has 0 saturated carbocycles. The lowest BCUT2D eigenvalue weighted by molar-refractivity contribution is -0.135. The minimum atomic E-state index is -1.59. The van der Waals surface area contributed by atoms with Crippen LogP contribution in [0.2, 0.25) is 10.0 Å². The number of anilines is 1. The highest BCUT2D eigenvalue weighted by Gasteiger charge is 2.36. The molecule has 1 aromatic carbocycles. The number of rotatable bonds is 12. The summed E-state index contributed by atoms with van der Waals surface area (Å²) in [5, 5.41) is 31.2. The number of guanidine groups is 1. The normalized spacial score (nSPS) is 25.6. The summed E-state index contributed by atoms with van der Waals surface area (Å²) < 4.78 is 0. The van der Waals surface area contributed by atoms with Crippen molar-refractivity contribution in [1.29, 1.82) is 0 Å². The van der Waals surface area contributed by atoms with Gasteiger partial charge in [-0.1, -0.05) is 23.2 Å². The molecule has 2 aliphatic rings. The molecule has 52 heavy (non-hydrogen) atoms. The highest BCUT2D eigenvalue weighted by Crippen LogP contribution is 2.25. The van der Waals surface area contributed by atoms with E-state index in [0.717, 1.165) is 0 Å². The molecule has 2 aliphatic heterocycles. The van der Waals surface area contributed by atoms with Gasteiger partial charge in [-0.15, -0.1) is 0 Å². The molecule has 1 saturated heterocycles. The van der Waals surface area contributed by atoms with Gasteiger partial charge in [-0.05, 0) is 44.0 Å². The number of nitrogens with two attached hydrogens (primary N) is 4. The number of hydrogen-bond acceptors (Lipinski definition) is 14. The van der Waals surface area contributed by atoms with Gasteiger partial charge in [-0.3, -0.25) is 33.8 Å². The lowest BCUT2D eigenvalue weighted by Gasteiger charge is -2.32. The molecule has 22 heteroatoms. The predicted molar refractivity (Wildman–Crippen MR) is 193 cm³/mol. The number of carbonyl (C=O) groups excluding carboxylic acids is 6. The summed E-state index contributed by atoms with van der Waals surface area (Å²) in [6.45, 7) is -1.45. The number of benzene rings is 1. The first kappa shape index (κ1) is 41.9. The van der Waals surface area contributed by atoms with Crippen LogP contribution in [0.15, 0.2) is 23.2 Å². The Bertz CT molecular complexity index is 1490. The Balaban J connectivity index is 1.97. The van der Waals surface area contributed by atoms with E-state index in [2.05, 4.69) is 47.5 Å². The van der Waals surface area contributed by atoms with Gasteiger partial charge < -0.3 is 70.6 Å². The number of hydrogen-bond donors (Lipinski definition) is 13. The summed E-state index contributed by atoms with van der Waals surface area (Å²) in [4.78, 5) is 84.2. The minimum absolute atomic E-state index is 0.0312. The number of amides is 6. The third kappa shape index (κ3) is 12.9. The molecule has 288 valence electrons. The molecule has 0 aromatic heterocycles. The van der Waals surface area contributed by atoms with Gasteiger partial charge in [0, 0.05) is 44.3 Å². The third-order valence-corrected chi connectivity index (χ3v) is 8.85. The highest BCUT2D eigenvalue weighted by atomic mass is 35.5. The van der Waals surface area contributed by atoms with Crippen molar-refractivity contribution in [3.05, 3.63) is 28.2 Å². The minimum Gasteiger partial charge on any atom is -0.394 e. The zero-order valence-electron chi connectivity index (χ0n) is 28.3. The molecular weight excluding hydrogens is 725 g/mol. The zero-order chi connectivity index (χ0) is 38.4. The van der Waals surface area contributed by atoms with Gasteiger partial charge in [0.15, 0.2) is 5.96 Å². The summed E-state index contributed by atoms with van der Waals surface area (Å²) in [5.41, 5.74) is 23.8. The van der Waals surface area contributed by atoms with Crippen molar-refractivity contribution >= 4 is 70.3 Å². The first-order chi connectivity index (χ1) is 24.7. The number of nitrogens with zero attached hydrogens (tertiary/aromatic N) is 1. The summed E-state index contributed by atoms with van der Waals surface area (Å²) in [5.74, 6) is -4.97. The molecule has 7 atom stereocenters. The molecule has 3 rings (SSSR count). The van der Waals surface area contributed by atoms with Crippen LogP contribution in [0.5, 0.6) is 0 Å². The van der Waals surface area contributed by atoms with Gasteiger partial charge in [-0.25, -0.2) is 0 Å². The average Bonchev–Trinajstić information content (AvgIpc) is 3.11. The van der Waals surface area contributed by atoms with Crippen molar-refractivity contribution in [2.45, 2.75) is 68.0 Å². The molecule has 2 heterocycles. The fourth-order valence-corrected chi connectivity index (χ4v) is 5.47. The number of aliphatic imine (C=N–C) groups is 1. The predicted octanol–water partition coefficient (Wildman–Crippen LogP) is -4.96. The van der Waals surface area contributed by atoms with E-state index in [0.29, 0.717) is 25.1 Å². The highest BCUT2D eigenvalue weighted by molar-refractivity contribution is 6.42. The topological polar surface area (TPSA) is 335 Å². The summed E-state index contributed by atoms with van der Waals surface area (Å²) in [6.07, 6.45) is 1.23. The second-order valence-electron chi connectivity index (χ2n) is 12.2. The van der Waals surface area contributed by atoms with E-state index < -0.39 is 97.4 Å². The van der Waals surface area contributed by atoms with Crippen molar-refractivity contribution in [1.82, 2.24) is 37.2 Å². The van der Waals surface area contributed by atoms with Crippen molar-refractivity contribution in [2.24, 2.45) is 27.9 Å². The van der Waals surface area contributed by atoms with E-state index >= 15 is 0 Å². The number of aliphatic hydroxyl groups is 1. The van der Waals surface area contributed by atoms with E-state index in [1.807, 2.05) is 0 Å². The van der Waals surface area contributed by atoms with Gasteiger partial charge in [0.25, 0.3) is 0 Å². The SMILES string of the molecule is NCCC[C@H](N)CC(=O)NC[C@@H]1NC(=O)[C@H](CO)NC(=O)C(N)CNC(=O)[C@H](C2CCN=C(N)N2)NC(=O)C(CNc2ccc(Cl)c(Cl)c2)NC1=O. The van der Waals surface area contributed by atoms with Crippen LogP contribution in [0, 0.1) is 0 Å². The molecule has 17 N–H and O–H groups in total. The Labute approximate surface area is 309 Å². The molecule has 1 fully saturated rings. The first-order valence-corrected chi connectivity index (χ1v) is 17.3. The number of carbonyl (C=O) groups is 6. The molecule has 6 amide bonds. The Morgan fingerprint density at radius 2 is 1.58 bits per heavy atom. The van der Waals surface area contributed by atoms with Gasteiger partial charge >= 0.3 is 0 Å². The van der Waals surface area contributed by atoms with Gasteiger partial charge in [0.05, 0.1) is 22.7 Å². The van der Waals surface area contributed by atoms with Crippen LogP contribution in [0.1, 0.15) is 25.7 Å². The summed E-state index contributed by atoms with van der Waals surface area (Å²) in [7, 11) is 0. The maximum Gasteiger partial charge on any atom is 0.245 e. The van der Waals surface area contributed by atoms with Crippen LogP contribution in [0.3, 0.4) is 0 Å². The van der Waals surface area contributed by atoms with E-state index in [4.69, 9.17) is 46.1 Å². The van der Waals surface area contributed by atoms with Crippen LogP contribution in [-0.2, 0) is 28.8 Å². The number of aliphatic hydroxyl groups excluding tert-OH is 1. The van der Waals surface area contributed by atoms with Gasteiger partial charge in [-0.2, -0.15) is 0 Å². The zero-order valence-corrected chi connectivity index (χ0v) is 29.8. The van der Waals surface area contributed by atoms with Crippen LogP contribution >= 0.6 is 23.2 Å². The number of halogens is 2. The van der Waals surface area contributed by atoms with E-state index in [1.54, 1.807) is 6.07 Å². The fraction of sp³-hybridized carbons (Fsp3) is 0.567. The lowest BCUT2D eigenvalue weighted by atomic mass is 10.0. The van der Waals surface area contributed by atoms with E-state index in [9.17, 15) is 33.9 Å². The first-order valence-electron chi connectivity index (χ1n) is 16.6. The molecule has 1 aromatic rings. The van der Waals surface area contributed by atoms with Crippen LogP contribution in [-0.4, -0.2) is 128 Å². The summed E-state index contributed by atoms with van der Waals surface area (Å²) >= 11 is 12.2. The molecule has 0 bridgehead atoms. The maximum atomic E-state index is 14.0. The summed E-state index contributed by atoms with van der Waals surface area (Å²) in [6, 6.07) is -3.95. The van der Waals surface area contributed by atoms with Crippen molar-refractivity contribution in [3.8, 4) is 0 Å². The molecular formula is C30H47Cl2N13O7. The van der Waals surface area contributed by atoms with Crippen LogP contribution < -0.4 is 65.5 Å². The standard InChI is InChI=1S/C30H47Cl2N13O7/c31-16-4-3-15(9-17(16)32)38-11-20-27(50)45-24(19-5-7-37-30(36)44-19)29(52)40-10-18(35)25(48)43-22(13-46)28(51)42-21(26(49)41-20)12-39-23(47)8-14(34)2-1-6-33/h3-4,9,14,18-22,24,38,46H,1-2,5-8,10-13,33-35H2,(H,39,47)(H,40,52)(H,41,49)(H,42,51)(H,43,48)(H,45,50)(H3,36,37,44)/t14-,18?,19?,20?,21-,22-,24-/m0/s1. The molecule has 0 aliphatic carbocycles. The van der Waals surface area contributed by atoms with Gasteiger partial charge in [0.2, 0.25) is 35.4 Å². The second-order valence-corrected chi connectivity index (χ2v) is 13.0. The van der Waals surface area contributed by atoms with Crippen molar-refractivity contribution < 1.29 is 33.9 Å². The smallest absolute Gasteiger partial charge is 0.245 e. The molecule has 20 nitrogen and oxygen atoms in total. The average molecular weight is 773 g/mol. The Morgan fingerprint density at radius 1 is 0.923 bits per heavy atom. The fourth-order valence-electron chi connectivity index (χ4n) is 5.17. The lowest BCUT2D eigenvalue weighted by Crippen LogP contribution is -2.66. The largest absolute Gasteiger partial charge is 0.394 e. The van der Waals surface area contributed by atoms with E-state index in [-0.39, 0.29) is 41.9 Å². The quantitative estimate of drug-likeness (QED) is 0.0948. The van der Waals surface area contributed by atoms with Crippen molar-refractivity contribution in [2.75, 3.05) is 44.6 Å². The van der Waals surface area contributed by atoms with E-state index in [1.165, 1.54) is 12.1 Å². The van der Waals surface area contributed by atoms with Crippen LogP contribution in [0.4, 0.5) is 5.69 Å². The Morgan fingerprint density at radius 3 is 2.23 bits per heavy atom. The Hall–Kier alpha value is -4.47. The second kappa shape index (κ2) is 20.5. The Kier molecular flexibility index (Phi) is 16.6.